The molecule has 0 aromatic heterocycles. The molecule has 0 saturated heterocycles. The minimum atomic E-state index is -1.21. The van der Waals surface area contributed by atoms with Gasteiger partial charge >= 0.3 is 5.97 Å². The van der Waals surface area contributed by atoms with Gasteiger partial charge in [0.1, 0.15) is 5.92 Å². The number of Topliss-reactive ketones (excluding diaryl/α,β-unsaturated/α-hetero) is 1. The van der Waals surface area contributed by atoms with E-state index >= 15 is 0 Å². The predicted octanol–water partition coefficient (Wildman–Crippen LogP) is 2.76. The number of nitriles is 1. The van der Waals surface area contributed by atoms with Gasteiger partial charge in [-0.05, 0) is 41.9 Å². The van der Waals surface area contributed by atoms with Gasteiger partial charge in [-0.2, -0.15) is 5.26 Å². The molecule has 128 valence electrons. The highest BCUT2D eigenvalue weighted by Gasteiger charge is 2.22. The number of hydrogen-bond donors (Lipinski definition) is 1. The molecule has 0 aliphatic heterocycles. The second-order valence-electron chi connectivity index (χ2n) is 4.71. The molecule has 0 aliphatic rings. The minimum Gasteiger partial charge on any atom is -0.493 e. The van der Waals surface area contributed by atoms with E-state index in [4.69, 9.17) is 24.9 Å². The van der Waals surface area contributed by atoms with Crippen LogP contribution in [-0.4, -0.2) is 37.8 Å². The molecule has 1 N–H and O–H groups in total. The number of carbonyl (C=O) groups is 2. The molecule has 0 radical (unpaired) electrons. The number of rotatable bonds is 8. The van der Waals surface area contributed by atoms with Crippen LogP contribution in [0, 0.1) is 22.7 Å². The lowest BCUT2D eigenvalue weighted by molar-refractivity contribution is -0.122. The van der Waals surface area contributed by atoms with Gasteiger partial charge in [0.25, 0.3) is 0 Å². The quantitative estimate of drug-likeness (QED) is 0.534. The third kappa shape index (κ3) is 4.80. The number of hydrogen-bond acceptors (Lipinski definition) is 7. The zero-order valence-corrected chi connectivity index (χ0v) is 15.1. The summed E-state index contributed by atoms with van der Waals surface area (Å²) in [5.74, 6) is -1.80. The van der Waals surface area contributed by atoms with Crippen LogP contribution < -0.4 is 9.47 Å². The summed E-state index contributed by atoms with van der Waals surface area (Å²) in [5.41, 5.74) is 0.0686. The molecule has 0 fully saturated rings. The summed E-state index contributed by atoms with van der Waals surface area (Å²) in [6.07, 6.45) is 0. The average Bonchev–Trinajstić information content (AvgIpc) is 2.54. The van der Waals surface area contributed by atoms with Gasteiger partial charge in [0, 0.05) is 5.71 Å². The number of nitrogens with zero attached hydrogens (tertiary/aromatic N) is 1. The second kappa shape index (κ2) is 9.03. The zero-order chi connectivity index (χ0) is 18.3. The number of halogens is 1. The molecule has 0 spiro atoms. The van der Waals surface area contributed by atoms with Crippen molar-refractivity contribution in [3.05, 3.63) is 22.2 Å². The molecule has 0 bridgehead atoms. The van der Waals surface area contributed by atoms with E-state index < -0.39 is 24.3 Å². The topological polar surface area (TPSA) is 109 Å². The van der Waals surface area contributed by atoms with Crippen molar-refractivity contribution >= 4 is 33.4 Å². The van der Waals surface area contributed by atoms with Crippen LogP contribution in [0.15, 0.2) is 16.6 Å². The Morgan fingerprint density at radius 3 is 2.58 bits per heavy atom. The molecule has 7 nitrogen and oxygen atoms in total. The summed E-state index contributed by atoms with van der Waals surface area (Å²) in [7, 11) is 1.44. The molecule has 0 aliphatic carbocycles. The van der Waals surface area contributed by atoms with Crippen molar-refractivity contribution in [3.63, 3.8) is 0 Å². The molecule has 1 aromatic rings. The van der Waals surface area contributed by atoms with Gasteiger partial charge in [0.15, 0.2) is 23.9 Å². The highest BCUT2D eigenvalue weighted by atomic mass is 79.9. The summed E-state index contributed by atoms with van der Waals surface area (Å²) >= 11 is 3.29. The Morgan fingerprint density at radius 1 is 1.42 bits per heavy atom. The molecule has 8 heteroatoms. The fraction of sp³-hybridized carbons (Fsp3) is 0.375. The van der Waals surface area contributed by atoms with E-state index in [1.165, 1.54) is 26.2 Å². The van der Waals surface area contributed by atoms with E-state index in [1.807, 2.05) is 6.92 Å². The van der Waals surface area contributed by atoms with Gasteiger partial charge in [-0.1, -0.05) is 0 Å². The number of carbonyl (C=O) groups excluding carboxylic acids is 2. The highest BCUT2D eigenvalue weighted by Crippen LogP contribution is 2.36. The third-order valence-electron chi connectivity index (χ3n) is 2.98. The van der Waals surface area contributed by atoms with Crippen molar-refractivity contribution in [1.82, 2.24) is 0 Å². The van der Waals surface area contributed by atoms with E-state index in [0.717, 1.165) is 0 Å². The molecular formula is C16H17BrN2O5. The zero-order valence-electron chi connectivity index (χ0n) is 13.5. The summed E-state index contributed by atoms with van der Waals surface area (Å²) in [4.78, 5) is 23.9. The molecule has 0 unspecified atom stereocenters. The molecule has 1 aromatic carbocycles. The molecule has 0 heterocycles. The average molecular weight is 397 g/mol. The first kappa shape index (κ1) is 19.6. The molecule has 1 atom stereocenters. The lowest BCUT2D eigenvalue weighted by atomic mass is 10.0. The fourth-order valence-electron chi connectivity index (χ4n) is 1.84. The summed E-state index contributed by atoms with van der Waals surface area (Å²) < 4.78 is 16.0. The first-order valence-corrected chi connectivity index (χ1v) is 7.79. The van der Waals surface area contributed by atoms with Crippen molar-refractivity contribution < 1.29 is 23.8 Å². The minimum absolute atomic E-state index is 0.0935. The number of esters is 1. The first-order valence-electron chi connectivity index (χ1n) is 7.00. The molecule has 0 amide bonds. The van der Waals surface area contributed by atoms with E-state index in [9.17, 15) is 9.59 Å². The van der Waals surface area contributed by atoms with Crippen molar-refractivity contribution in [2.24, 2.45) is 5.92 Å². The third-order valence-corrected chi connectivity index (χ3v) is 3.57. The van der Waals surface area contributed by atoms with Crippen LogP contribution in [0.2, 0.25) is 0 Å². The van der Waals surface area contributed by atoms with E-state index in [2.05, 4.69) is 15.9 Å². The van der Waals surface area contributed by atoms with Crippen molar-refractivity contribution in [3.8, 4) is 17.6 Å². The van der Waals surface area contributed by atoms with Gasteiger partial charge in [-0.3, -0.25) is 4.79 Å². The number of ketones is 1. The number of ether oxygens (including phenoxy) is 3. The Hall–Kier alpha value is -2.40. The maximum atomic E-state index is 12.1. The maximum absolute atomic E-state index is 12.1. The van der Waals surface area contributed by atoms with Crippen LogP contribution >= 0.6 is 15.9 Å². The Bertz CT molecular complexity index is 696. The first-order chi connectivity index (χ1) is 11.3. The lowest BCUT2D eigenvalue weighted by Crippen LogP contribution is -2.25. The Labute approximate surface area is 148 Å². The maximum Gasteiger partial charge on any atom is 0.338 e. The Kier molecular flexibility index (Phi) is 7.39. The van der Waals surface area contributed by atoms with Crippen molar-refractivity contribution in [2.45, 2.75) is 13.8 Å². The Morgan fingerprint density at radius 2 is 2.08 bits per heavy atom. The normalized spacial score (nSPS) is 11.1. The number of benzene rings is 1. The van der Waals surface area contributed by atoms with Crippen LogP contribution in [0.4, 0.5) is 0 Å². The predicted molar refractivity (Wildman–Crippen MR) is 89.7 cm³/mol. The van der Waals surface area contributed by atoms with Crippen LogP contribution in [-0.2, 0) is 9.53 Å². The van der Waals surface area contributed by atoms with E-state index in [-0.39, 0.29) is 11.3 Å². The fourth-order valence-corrected chi connectivity index (χ4v) is 2.39. The molecule has 0 saturated carbocycles. The summed E-state index contributed by atoms with van der Waals surface area (Å²) in [5, 5.41) is 16.2. The molecular weight excluding hydrogens is 380 g/mol. The summed E-state index contributed by atoms with van der Waals surface area (Å²) in [6, 6.07) is 4.63. The van der Waals surface area contributed by atoms with Gasteiger partial charge in [0.2, 0.25) is 0 Å². The number of nitrogens with one attached hydrogen (secondary N) is 1. The molecule has 24 heavy (non-hydrogen) atoms. The SMILES string of the molecule is CCOc1c(Br)cc(C(=O)OCC(=O)[C@H](C#N)C(C)=N)cc1OC. The standard InChI is InChI=1S/C16H17BrN2O5/c1-4-23-15-12(17)5-10(6-14(15)22-3)16(21)24-8-13(20)11(7-18)9(2)19/h5-6,11,19H,4,8H2,1-3H3/t11-/m1/s1. The van der Waals surface area contributed by atoms with Gasteiger partial charge in [0.05, 0.1) is 29.8 Å². The van der Waals surface area contributed by atoms with Crippen LogP contribution in [0.1, 0.15) is 24.2 Å². The summed E-state index contributed by atoms with van der Waals surface area (Å²) in [6.45, 7) is 3.00. The molecule has 1 rings (SSSR count). The van der Waals surface area contributed by atoms with Gasteiger partial charge < -0.3 is 19.6 Å². The second-order valence-corrected chi connectivity index (χ2v) is 5.56. The largest absolute Gasteiger partial charge is 0.493 e. The lowest BCUT2D eigenvalue weighted by Gasteiger charge is -2.13. The monoisotopic (exact) mass is 396 g/mol. The van der Waals surface area contributed by atoms with Crippen molar-refractivity contribution in [2.75, 3.05) is 20.3 Å². The van der Waals surface area contributed by atoms with Crippen LogP contribution in [0.3, 0.4) is 0 Å². The number of methoxy groups -OCH3 is 1. The van der Waals surface area contributed by atoms with E-state index in [0.29, 0.717) is 22.6 Å². The Balaban J connectivity index is 2.89. The van der Waals surface area contributed by atoms with Gasteiger partial charge in [-0.25, -0.2) is 4.79 Å². The van der Waals surface area contributed by atoms with E-state index in [1.54, 1.807) is 6.07 Å². The smallest absolute Gasteiger partial charge is 0.338 e. The van der Waals surface area contributed by atoms with Gasteiger partial charge in [-0.15, -0.1) is 0 Å². The van der Waals surface area contributed by atoms with Crippen molar-refractivity contribution in [1.29, 1.82) is 10.7 Å². The highest BCUT2D eigenvalue weighted by molar-refractivity contribution is 9.10. The van der Waals surface area contributed by atoms with Crippen LogP contribution in [0.5, 0.6) is 11.5 Å². The van der Waals surface area contributed by atoms with Crippen LogP contribution in [0.25, 0.3) is 0 Å².